The van der Waals surface area contributed by atoms with Gasteiger partial charge in [0.25, 0.3) is 0 Å². The van der Waals surface area contributed by atoms with Crippen molar-refractivity contribution in [3.05, 3.63) is 29.3 Å². The van der Waals surface area contributed by atoms with E-state index >= 15 is 0 Å². The van der Waals surface area contributed by atoms with Gasteiger partial charge in [0.1, 0.15) is 0 Å². The van der Waals surface area contributed by atoms with Gasteiger partial charge >= 0.3 is 6.18 Å². The van der Waals surface area contributed by atoms with Gasteiger partial charge in [-0.3, -0.25) is 0 Å². The molecular formula is C11H10ClF3N2O. The van der Waals surface area contributed by atoms with Gasteiger partial charge in [-0.05, 0) is 18.2 Å². The third kappa shape index (κ3) is 3.79. The molecule has 1 aromatic carbocycles. The second-order valence-electron chi connectivity index (χ2n) is 3.56. The number of aliphatic hydroxyl groups is 1. The monoisotopic (exact) mass is 278 g/mol. The second-order valence-corrected chi connectivity index (χ2v) is 3.87. The summed E-state index contributed by atoms with van der Waals surface area (Å²) in [6.07, 6.45) is -5.44. The molecule has 0 aliphatic heterocycles. The predicted molar refractivity (Wildman–Crippen MR) is 61.4 cm³/mol. The molecule has 0 spiro atoms. The van der Waals surface area contributed by atoms with E-state index in [9.17, 15) is 18.3 Å². The van der Waals surface area contributed by atoms with Crippen LogP contribution in [0.5, 0.6) is 0 Å². The van der Waals surface area contributed by atoms with Crippen LogP contribution >= 0.6 is 11.6 Å². The van der Waals surface area contributed by atoms with Gasteiger partial charge in [0.2, 0.25) is 0 Å². The first kappa shape index (κ1) is 14.6. The van der Waals surface area contributed by atoms with Crippen molar-refractivity contribution < 1.29 is 18.3 Å². The largest absolute Gasteiger partial charge is 0.417 e. The molecule has 1 atom stereocenters. The number of nitrogens with one attached hydrogen (secondary N) is 1. The molecule has 0 amide bonds. The summed E-state index contributed by atoms with van der Waals surface area (Å²) in [6, 6.07) is 4.74. The van der Waals surface area contributed by atoms with Gasteiger partial charge < -0.3 is 10.4 Å². The number of halogens is 4. The fourth-order valence-electron chi connectivity index (χ4n) is 1.28. The highest BCUT2D eigenvalue weighted by Gasteiger charge is 2.33. The summed E-state index contributed by atoms with van der Waals surface area (Å²) in [5, 5.41) is 20.4. The molecule has 3 nitrogen and oxygen atoms in total. The van der Waals surface area contributed by atoms with E-state index in [-0.39, 0.29) is 18.1 Å². The van der Waals surface area contributed by atoms with Crippen molar-refractivity contribution in [1.29, 1.82) is 5.26 Å². The Morgan fingerprint density at radius 2 is 2.11 bits per heavy atom. The van der Waals surface area contributed by atoms with E-state index in [1.165, 1.54) is 12.1 Å². The van der Waals surface area contributed by atoms with Gasteiger partial charge in [0.05, 0.1) is 29.2 Å². The average molecular weight is 279 g/mol. The number of rotatable bonds is 4. The first-order chi connectivity index (χ1) is 8.38. The van der Waals surface area contributed by atoms with Crippen LogP contribution in [0.4, 0.5) is 18.9 Å². The predicted octanol–water partition coefficient (Wildman–Crippen LogP) is 2.59. The Hall–Kier alpha value is -1.45. The van der Waals surface area contributed by atoms with Crippen molar-refractivity contribution in [2.24, 2.45) is 0 Å². The maximum atomic E-state index is 12.6. The first-order valence-electron chi connectivity index (χ1n) is 4.97. The van der Waals surface area contributed by atoms with Gasteiger partial charge in [0, 0.05) is 12.2 Å². The van der Waals surface area contributed by atoms with Gasteiger partial charge in [-0.25, -0.2) is 0 Å². The standard InChI is InChI=1S/C11H10ClF3N2O/c12-4-9(18)6-17-8-2-1-7(5-16)10(3-8)11(13,14)15/h1-3,9,17-18H,4,6H2. The first-order valence-corrected chi connectivity index (χ1v) is 5.51. The molecule has 98 valence electrons. The molecule has 0 radical (unpaired) electrons. The fourth-order valence-corrected chi connectivity index (χ4v) is 1.39. The SMILES string of the molecule is N#Cc1ccc(NCC(O)CCl)cc1C(F)(F)F. The molecule has 0 aliphatic rings. The van der Waals surface area contributed by atoms with E-state index < -0.39 is 23.4 Å². The van der Waals surface area contributed by atoms with E-state index in [4.69, 9.17) is 16.9 Å². The zero-order valence-corrected chi connectivity index (χ0v) is 9.89. The van der Waals surface area contributed by atoms with Crippen molar-refractivity contribution in [3.63, 3.8) is 0 Å². The Labute approximate surface area is 107 Å². The minimum absolute atomic E-state index is 0.0184. The summed E-state index contributed by atoms with van der Waals surface area (Å²) in [5.41, 5.74) is -1.27. The lowest BCUT2D eigenvalue weighted by atomic mass is 10.1. The van der Waals surface area contributed by atoms with Crippen molar-refractivity contribution in [2.45, 2.75) is 12.3 Å². The molecule has 0 heterocycles. The summed E-state index contributed by atoms with van der Waals surface area (Å²) in [7, 11) is 0. The lowest BCUT2D eigenvalue weighted by molar-refractivity contribution is -0.137. The van der Waals surface area contributed by atoms with Crippen LogP contribution in [-0.4, -0.2) is 23.6 Å². The lowest BCUT2D eigenvalue weighted by Crippen LogP contribution is -2.21. The van der Waals surface area contributed by atoms with Crippen LogP contribution in [0.2, 0.25) is 0 Å². The van der Waals surface area contributed by atoms with Gasteiger partial charge in [-0.2, -0.15) is 18.4 Å². The van der Waals surface area contributed by atoms with E-state index in [0.29, 0.717) is 0 Å². The molecule has 7 heteroatoms. The van der Waals surface area contributed by atoms with Crippen molar-refractivity contribution in [2.75, 3.05) is 17.7 Å². The molecule has 2 N–H and O–H groups in total. The molecule has 1 rings (SSSR count). The van der Waals surface area contributed by atoms with Gasteiger partial charge in [-0.15, -0.1) is 11.6 Å². The number of aliphatic hydroxyl groups excluding tert-OH is 1. The lowest BCUT2D eigenvalue weighted by Gasteiger charge is -2.13. The van der Waals surface area contributed by atoms with E-state index in [1.807, 2.05) is 0 Å². The molecule has 0 aliphatic carbocycles. The molecule has 18 heavy (non-hydrogen) atoms. The Morgan fingerprint density at radius 3 is 2.61 bits per heavy atom. The Morgan fingerprint density at radius 1 is 1.44 bits per heavy atom. The molecular weight excluding hydrogens is 269 g/mol. The topological polar surface area (TPSA) is 56.0 Å². The molecule has 1 unspecified atom stereocenters. The fraction of sp³-hybridized carbons (Fsp3) is 0.364. The maximum Gasteiger partial charge on any atom is 0.417 e. The van der Waals surface area contributed by atoms with E-state index in [1.54, 1.807) is 0 Å². The number of benzene rings is 1. The maximum absolute atomic E-state index is 12.6. The summed E-state index contributed by atoms with van der Waals surface area (Å²) < 4.78 is 37.9. The zero-order valence-electron chi connectivity index (χ0n) is 9.13. The van der Waals surface area contributed by atoms with Crippen LogP contribution in [0, 0.1) is 11.3 Å². The van der Waals surface area contributed by atoms with Crippen molar-refractivity contribution in [1.82, 2.24) is 0 Å². The quantitative estimate of drug-likeness (QED) is 0.833. The van der Waals surface area contributed by atoms with Crippen LogP contribution in [0.25, 0.3) is 0 Å². The second kappa shape index (κ2) is 5.94. The molecule has 0 aromatic heterocycles. The summed E-state index contributed by atoms with van der Waals surface area (Å²) >= 11 is 5.36. The van der Waals surface area contributed by atoms with Crippen LogP contribution in [0.3, 0.4) is 0 Å². The zero-order chi connectivity index (χ0) is 13.8. The number of nitriles is 1. The summed E-state index contributed by atoms with van der Waals surface area (Å²) in [4.78, 5) is 0. The number of anilines is 1. The van der Waals surface area contributed by atoms with Crippen molar-refractivity contribution in [3.8, 4) is 6.07 Å². The molecule has 0 saturated carbocycles. The average Bonchev–Trinajstić information content (AvgIpc) is 2.34. The molecule has 0 fully saturated rings. The number of hydrogen-bond acceptors (Lipinski definition) is 3. The normalized spacial score (nSPS) is 12.9. The number of hydrogen-bond donors (Lipinski definition) is 2. The Bertz CT molecular complexity index is 457. The number of alkyl halides is 4. The summed E-state index contributed by atoms with van der Waals surface area (Å²) in [6.45, 7) is 0.0344. The third-order valence-electron chi connectivity index (χ3n) is 2.17. The van der Waals surface area contributed by atoms with Crippen LogP contribution < -0.4 is 5.32 Å². The smallest absolute Gasteiger partial charge is 0.390 e. The minimum atomic E-state index is -4.59. The van der Waals surface area contributed by atoms with Gasteiger partial charge in [-0.1, -0.05) is 0 Å². The van der Waals surface area contributed by atoms with Crippen LogP contribution in [-0.2, 0) is 6.18 Å². The van der Waals surface area contributed by atoms with Gasteiger partial charge in [0.15, 0.2) is 0 Å². The van der Waals surface area contributed by atoms with Crippen LogP contribution in [0.15, 0.2) is 18.2 Å². The van der Waals surface area contributed by atoms with E-state index in [0.717, 1.165) is 12.1 Å². The minimum Gasteiger partial charge on any atom is -0.390 e. The van der Waals surface area contributed by atoms with E-state index in [2.05, 4.69) is 5.32 Å². The Balaban J connectivity index is 2.94. The third-order valence-corrected chi connectivity index (χ3v) is 2.52. The summed E-state index contributed by atoms with van der Waals surface area (Å²) in [5.74, 6) is -0.0184. The molecule has 0 saturated heterocycles. The van der Waals surface area contributed by atoms with Crippen LogP contribution in [0.1, 0.15) is 11.1 Å². The molecule has 1 aromatic rings. The highest BCUT2D eigenvalue weighted by molar-refractivity contribution is 6.18. The molecule has 0 bridgehead atoms. The Kier molecular flexibility index (Phi) is 4.82. The number of nitrogens with zero attached hydrogens (tertiary/aromatic N) is 1. The highest BCUT2D eigenvalue weighted by atomic mass is 35.5. The highest BCUT2D eigenvalue weighted by Crippen LogP contribution is 2.33. The van der Waals surface area contributed by atoms with Crippen molar-refractivity contribution >= 4 is 17.3 Å².